The zero-order chi connectivity index (χ0) is 21.0. The van der Waals surface area contributed by atoms with Gasteiger partial charge in [-0.1, -0.05) is 48.5 Å². The second kappa shape index (κ2) is 8.70. The van der Waals surface area contributed by atoms with E-state index in [1.807, 2.05) is 36.4 Å². The van der Waals surface area contributed by atoms with Crippen molar-refractivity contribution in [1.82, 2.24) is 15.1 Å². The van der Waals surface area contributed by atoms with Crippen LogP contribution in [0.2, 0.25) is 0 Å². The van der Waals surface area contributed by atoms with Crippen molar-refractivity contribution in [3.63, 3.8) is 0 Å². The van der Waals surface area contributed by atoms with Gasteiger partial charge >= 0.3 is 0 Å². The van der Waals surface area contributed by atoms with Crippen molar-refractivity contribution in [3.8, 4) is 11.5 Å². The van der Waals surface area contributed by atoms with E-state index >= 15 is 0 Å². The average molecular weight is 414 g/mol. The molecule has 0 aliphatic carbocycles. The van der Waals surface area contributed by atoms with E-state index in [0.29, 0.717) is 11.8 Å². The number of piperazine rings is 1. The lowest BCUT2D eigenvalue weighted by Gasteiger charge is -2.39. The quantitative estimate of drug-likeness (QED) is 0.470. The van der Waals surface area contributed by atoms with Crippen LogP contribution < -0.4 is 4.90 Å². The summed E-state index contributed by atoms with van der Waals surface area (Å²) >= 11 is 0. The summed E-state index contributed by atoms with van der Waals surface area (Å²) in [5.74, 6) is 0.760. The Morgan fingerprint density at radius 3 is 2.06 bits per heavy atom. The van der Waals surface area contributed by atoms with Crippen molar-refractivity contribution >= 4 is 5.69 Å². The standard InChI is InChI=1S/C25H23FN4O/c26-21-13-11-19(12-14-21)23(25-28-27-24(31-25)20-7-3-1-4-8-20)30-17-15-29(16-18-30)22-9-5-2-6-10-22/h1-14,23H,15-18H2. The molecule has 1 aliphatic heterocycles. The van der Waals surface area contributed by atoms with Crippen LogP contribution in [0.3, 0.4) is 0 Å². The number of halogens is 1. The van der Waals surface area contributed by atoms with Gasteiger partial charge in [0.1, 0.15) is 11.9 Å². The van der Waals surface area contributed by atoms with Crippen LogP contribution in [-0.4, -0.2) is 41.3 Å². The molecule has 156 valence electrons. The molecule has 0 spiro atoms. The monoisotopic (exact) mass is 414 g/mol. The van der Waals surface area contributed by atoms with Crippen LogP contribution in [0.4, 0.5) is 10.1 Å². The van der Waals surface area contributed by atoms with Gasteiger partial charge in [-0.05, 0) is 42.0 Å². The van der Waals surface area contributed by atoms with Gasteiger partial charge in [-0.15, -0.1) is 10.2 Å². The number of aromatic nitrogens is 2. The minimum atomic E-state index is -0.257. The SMILES string of the molecule is Fc1ccc(C(c2nnc(-c3ccccc3)o2)N2CCN(c3ccccc3)CC2)cc1. The molecule has 1 saturated heterocycles. The van der Waals surface area contributed by atoms with Gasteiger partial charge in [-0.25, -0.2) is 4.39 Å². The highest BCUT2D eigenvalue weighted by molar-refractivity contribution is 5.52. The van der Waals surface area contributed by atoms with E-state index < -0.39 is 0 Å². The highest BCUT2D eigenvalue weighted by atomic mass is 19.1. The summed E-state index contributed by atoms with van der Waals surface area (Å²) in [5, 5.41) is 8.66. The molecular weight excluding hydrogens is 391 g/mol. The van der Waals surface area contributed by atoms with Crippen molar-refractivity contribution in [3.05, 3.63) is 102 Å². The molecule has 1 aliphatic rings. The maximum atomic E-state index is 13.6. The number of anilines is 1. The van der Waals surface area contributed by atoms with E-state index in [-0.39, 0.29) is 11.9 Å². The summed E-state index contributed by atoms with van der Waals surface area (Å²) in [6.45, 7) is 3.45. The normalized spacial score (nSPS) is 15.7. The maximum absolute atomic E-state index is 13.6. The Morgan fingerprint density at radius 1 is 0.742 bits per heavy atom. The molecule has 1 aromatic heterocycles. The van der Waals surface area contributed by atoms with Crippen molar-refractivity contribution in [2.45, 2.75) is 6.04 Å². The lowest BCUT2D eigenvalue weighted by atomic mass is 10.0. The fraction of sp³-hybridized carbons (Fsp3) is 0.200. The van der Waals surface area contributed by atoms with E-state index in [0.717, 1.165) is 37.3 Å². The molecule has 5 nitrogen and oxygen atoms in total. The van der Waals surface area contributed by atoms with Crippen LogP contribution >= 0.6 is 0 Å². The minimum Gasteiger partial charge on any atom is -0.419 e. The zero-order valence-corrected chi connectivity index (χ0v) is 17.1. The number of benzene rings is 3. The van der Waals surface area contributed by atoms with Crippen molar-refractivity contribution in [2.24, 2.45) is 0 Å². The lowest BCUT2D eigenvalue weighted by molar-refractivity contribution is 0.188. The molecular formula is C25H23FN4O. The average Bonchev–Trinajstić information content (AvgIpc) is 3.32. The first kappa shape index (κ1) is 19.5. The first-order valence-electron chi connectivity index (χ1n) is 10.5. The van der Waals surface area contributed by atoms with Crippen molar-refractivity contribution < 1.29 is 8.81 Å². The molecule has 1 atom stereocenters. The third kappa shape index (κ3) is 4.20. The molecule has 1 fully saturated rings. The Bertz CT molecular complexity index is 1110. The molecule has 0 N–H and O–H groups in total. The Hall–Kier alpha value is -3.51. The van der Waals surface area contributed by atoms with Crippen molar-refractivity contribution in [2.75, 3.05) is 31.1 Å². The fourth-order valence-electron chi connectivity index (χ4n) is 4.07. The smallest absolute Gasteiger partial charge is 0.247 e. The van der Waals surface area contributed by atoms with Gasteiger partial charge in [0.25, 0.3) is 0 Å². The summed E-state index contributed by atoms with van der Waals surface area (Å²) in [5.41, 5.74) is 3.05. The molecule has 3 aromatic carbocycles. The third-order valence-corrected chi connectivity index (χ3v) is 5.68. The predicted octanol–water partition coefficient (Wildman–Crippen LogP) is 4.79. The van der Waals surface area contributed by atoms with Gasteiger partial charge in [0, 0.05) is 37.4 Å². The lowest BCUT2D eigenvalue weighted by Crippen LogP contribution is -2.48. The molecule has 2 heterocycles. The van der Waals surface area contributed by atoms with Gasteiger partial charge in [0.15, 0.2) is 0 Å². The first-order chi connectivity index (χ1) is 15.3. The van der Waals surface area contributed by atoms with Crippen LogP contribution in [0.25, 0.3) is 11.5 Å². The van der Waals surface area contributed by atoms with Crippen LogP contribution in [0, 0.1) is 5.82 Å². The van der Waals surface area contributed by atoms with Gasteiger partial charge in [0.2, 0.25) is 11.8 Å². The molecule has 0 bridgehead atoms. The number of nitrogens with zero attached hydrogens (tertiary/aromatic N) is 4. The fourth-order valence-corrected chi connectivity index (χ4v) is 4.07. The third-order valence-electron chi connectivity index (χ3n) is 5.68. The number of hydrogen-bond acceptors (Lipinski definition) is 5. The van der Waals surface area contributed by atoms with E-state index in [1.54, 1.807) is 12.1 Å². The van der Waals surface area contributed by atoms with Gasteiger partial charge in [0.05, 0.1) is 0 Å². The van der Waals surface area contributed by atoms with Crippen molar-refractivity contribution in [1.29, 1.82) is 0 Å². The second-order valence-electron chi connectivity index (χ2n) is 7.62. The van der Waals surface area contributed by atoms with E-state index in [4.69, 9.17) is 4.42 Å². The van der Waals surface area contributed by atoms with Gasteiger partial charge in [-0.3, -0.25) is 4.90 Å². The molecule has 5 rings (SSSR count). The summed E-state index contributed by atoms with van der Waals surface area (Å²) in [4.78, 5) is 4.70. The summed E-state index contributed by atoms with van der Waals surface area (Å²) in [7, 11) is 0. The molecule has 31 heavy (non-hydrogen) atoms. The number of rotatable bonds is 5. The van der Waals surface area contributed by atoms with E-state index in [2.05, 4.69) is 44.3 Å². The van der Waals surface area contributed by atoms with E-state index in [9.17, 15) is 4.39 Å². The topological polar surface area (TPSA) is 45.4 Å². The molecule has 6 heteroatoms. The molecule has 0 saturated carbocycles. The largest absolute Gasteiger partial charge is 0.419 e. The maximum Gasteiger partial charge on any atom is 0.247 e. The number of para-hydroxylation sites is 1. The van der Waals surface area contributed by atoms with Crippen LogP contribution in [0.15, 0.2) is 89.3 Å². The molecule has 0 radical (unpaired) electrons. The van der Waals surface area contributed by atoms with Gasteiger partial charge < -0.3 is 9.32 Å². The summed E-state index contributed by atoms with van der Waals surface area (Å²) < 4.78 is 19.7. The molecule has 0 amide bonds. The minimum absolute atomic E-state index is 0.219. The summed E-state index contributed by atoms with van der Waals surface area (Å²) in [6.07, 6.45) is 0. The Balaban J connectivity index is 1.42. The first-order valence-corrected chi connectivity index (χ1v) is 10.5. The zero-order valence-electron chi connectivity index (χ0n) is 17.1. The van der Waals surface area contributed by atoms with Crippen LogP contribution in [0.5, 0.6) is 0 Å². The highest BCUT2D eigenvalue weighted by Crippen LogP contribution is 2.31. The molecule has 1 unspecified atom stereocenters. The summed E-state index contributed by atoms with van der Waals surface area (Å²) in [6, 6.07) is 26.5. The van der Waals surface area contributed by atoms with Crippen LogP contribution in [-0.2, 0) is 0 Å². The van der Waals surface area contributed by atoms with Gasteiger partial charge in [-0.2, -0.15) is 0 Å². The molecule has 4 aromatic rings. The second-order valence-corrected chi connectivity index (χ2v) is 7.62. The van der Waals surface area contributed by atoms with Crippen LogP contribution in [0.1, 0.15) is 17.5 Å². The predicted molar refractivity (Wildman–Crippen MR) is 118 cm³/mol. The van der Waals surface area contributed by atoms with E-state index in [1.165, 1.54) is 17.8 Å². The Morgan fingerprint density at radius 2 is 1.39 bits per heavy atom. The highest BCUT2D eigenvalue weighted by Gasteiger charge is 2.30. The number of hydrogen-bond donors (Lipinski definition) is 0. The Kier molecular flexibility index (Phi) is 5.46. The Labute approximate surface area is 180 Å².